The Morgan fingerprint density at radius 2 is 2.05 bits per heavy atom. The summed E-state index contributed by atoms with van der Waals surface area (Å²) in [6, 6.07) is 13.4. The number of fused-ring (bicyclic) bond motifs is 3. The van der Waals surface area contributed by atoms with Crippen LogP contribution in [0.2, 0.25) is 5.02 Å². The number of benzene rings is 2. The zero-order valence-corrected chi connectivity index (χ0v) is 14.3. The fraction of sp³-hybridized carbons (Fsp3) is 0.0625. The molecular formula is C16H10BrClN2OS. The number of halogens is 2. The summed E-state index contributed by atoms with van der Waals surface area (Å²) in [4.78, 5) is 13.2. The predicted molar refractivity (Wildman–Crippen MR) is 95.0 cm³/mol. The molecule has 2 amide bonds. The Hall–Kier alpha value is -1.56. The lowest BCUT2D eigenvalue weighted by molar-refractivity contribution is 0.249. The molecule has 6 heteroatoms. The maximum absolute atomic E-state index is 12.1. The Morgan fingerprint density at radius 1 is 1.18 bits per heavy atom. The van der Waals surface area contributed by atoms with E-state index in [0.29, 0.717) is 5.02 Å². The molecule has 0 bridgehead atoms. The molecule has 1 atom stereocenters. The van der Waals surface area contributed by atoms with Crippen molar-refractivity contribution in [2.45, 2.75) is 6.04 Å². The molecule has 0 aliphatic carbocycles. The topological polar surface area (TPSA) is 41.1 Å². The first-order valence-electron chi connectivity index (χ1n) is 6.67. The second kappa shape index (κ2) is 5.26. The monoisotopic (exact) mass is 392 g/mol. The van der Waals surface area contributed by atoms with Gasteiger partial charge in [-0.25, -0.2) is 4.79 Å². The second-order valence-electron chi connectivity index (χ2n) is 5.07. The number of anilines is 1. The van der Waals surface area contributed by atoms with Gasteiger partial charge in [0.15, 0.2) is 0 Å². The minimum absolute atomic E-state index is 0.155. The third kappa shape index (κ3) is 2.29. The lowest BCUT2D eigenvalue weighted by atomic mass is 10.0. The van der Waals surface area contributed by atoms with Crippen molar-refractivity contribution in [3.8, 4) is 0 Å². The SMILES string of the molecule is O=C1Nc2c(sc3ccc(Cl)cc23)C(c2cccc(Br)c2)N1. The Morgan fingerprint density at radius 3 is 2.86 bits per heavy atom. The largest absolute Gasteiger partial charge is 0.326 e. The van der Waals surface area contributed by atoms with Crippen LogP contribution in [0, 0.1) is 0 Å². The second-order valence-corrected chi connectivity index (χ2v) is 7.50. The Kier molecular flexibility index (Phi) is 3.36. The van der Waals surface area contributed by atoms with Gasteiger partial charge >= 0.3 is 6.03 Å². The molecule has 2 heterocycles. The van der Waals surface area contributed by atoms with Crippen LogP contribution in [0.4, 0.5) is 10.5 Å². The van der Waals surface area contributed by atoms with E-state index in [-0.39, 0.29) is 12.1 Å². The summed E-state index contributed by atoms with van der Waals surface area (Å²) in [6.07, 6.45) is 0. The van der Waals surface area contributed by atoms with Crippen LogP contribution < -0.4 is 10.6 Å². The summed E-state index contributed by atoms with van der Waals surface area (Å²) in [7, 11) is 0. The van der Waals surface area contributed by atoms with Crippen LogP contribution in [0.5, 0.6) is 0 Å². The van der Waals surface area contributed by atoms with E-state index in [1.54, 1.807) is 11.3 Å². The first-order valence-corrected chi connectivity index (χ1v) is 8.65. The first-order chi connectivity index (χ1) is 10.6. The van der Waals surface area contributed by atoms with Gasteiger partial charge in [-0.15, -0.1) is 11.3 Å². The molecule has 22 heavy (non-hydrogen) atoms. The van der Waals surface area contributed by atoms with Crippen LogP contribution >= 0.6 is 38.9 Å². The summed E-state index contributed by atoms with van der Waals surface area (Å²) >= 11 is 11.3. The van der Waals surface area contributed by atoms with Crippen LogP contribution in [0.1, 0.15) is 16.5 Å². The standard InChI is InChI=1S/C16H10BrClN2OS/c17-9-3-1-2-8(6-9)13-15-14(20-16(21)19-13)11-7-10(18)4-5-12(11)22-15/h1-7,13H,(H2,19,20,21). The van der Waals surface area contributed by atoms with Gasteiger partial charge in [0.1, 0.15) is 0 Å². The number of hydrogen-bond acceptors (Lipinski definition) is 2. The van der Waals surface area contributed by atoms with Crippen molar-refractivity contribution >= 4 is 60.7 Å². The number of nitrogens with one attached hydrogen (secondary N) is 2. The van der Waals surface area contributed by atoms with Crippen LogP contribution in [-0.2, 0) is 0 Å². The molecule has 0 radical (unpaired) electrons. The Balaban J connectivity index is 1.94. The van der Waals surface area contributed by atoms with Crippen molar-refractivity contribution < 1.29 is 4.79 Å². The van der Waals surface area contributed by atoms with Crippen LogP contribution in [0.3, 0.4) is 0 Å². The van der Waals surface area contributed by atoms with Gasteiger partial charge in [-0.3, -0.25) is 0 Å². The summed E-state index contributed by atoms with van der Waals surface area (Å²) < 4.78 is 2.10. The fourth-order valence-electron chi connectivity index (χ4n) is 2.69. The summed E-state index contributed by atoms with van der Waals surface area (Å²) in [5.74, 6) is 0. The molecule has 3 aromatic rings. The van der Waals surface area contributed by atoms with Gasteiger partial charge in [0.25, 0.3) is 0 Å². The van der Waals surface area contributed by atoms with E-state index in [9.17, 15) is 4.79 Å². The van der Waals surface area contributed by atoms with Crippen molar-refractivity contribution in [3.63, 3.8) is 0 Å². The van der Waals surface area contributed by atoms with Crippen LogP contribution in [-0.4, -0.2) is 6.03 Å². The predicted octanol–water partition coefficient (Wildman–Crippen LogP) is 5.54. The van der Waals surface area contributed by atoms with E-state index in [0.717, 1.165) is 30.7 Å². The highest BCUT2D eigenvalue weighted by atomic mass is 79.9. The Labute approximate surface area is 144 Å². The quantitative estimate of drug-likeness (QED) is 0.560. The zero-order chi connectivity index (χ0) is 15.3. The van der Waals surface area contributed by atoms with Crippen molar-refractivity contribution in [2.24, 2.45) is 0 Å². The van der Waals surface area contributed by atoms with E-state index in [1.165, 1.54) is 0 Å². The normalized spacial score (nSPS) is 17.0. The van der Waals surface area contributed by atoms with Gasteiger partial charge in [0.05, 0.1) is 16.6 Å². The fourth-order valence-corrected chi connectivity index (χ4v) is 4.50. The van der Waals surface area contributed by atoms with E-state index in [2.05, 4.69) is 26.6 Å². The van der Waals surface area contributed by atoms with Gasteiger partial charge in [0, 0.05) is 19.6 Å². The number of urea groups is 1. The maximum atomic E-state index is 12.1. The van der Waals surface area contributed by atoms with E-state index < -0.39 is 0 Å². The summed E-state index contributed by atoms with van der Waals surface area (Å²) in [6.45, 7) is 0. The average Bonchev–Trinajstić information content (AvgIpc) is 2.84. The lowest BCUT2D eigenvalue weighted by Gasteiger charge is -2.25. The van der Waals surface area contributed by atoms with E-state index in [1.807, 2.05) is 42.5 Å². The number of carbonyl (C=O) groups is 1. The average molecular weight is 394 g/mol. The van der Waals surface area contributed by atoms with Crippen LogP contribution in [0.15, 0.2) is 46.9 Å². The molecule has 0 saturated carbocycles. The van der Waals surface area contributed by atoms with Gasteiger partial charge < -0.3 is 10.6 Å². The minimum Gasteiger partial charge on any atom is -0.326 e. The summed E-state index contributed by atoms with van der Waals surface area (Å²) in [5, 5.41) is 7.57. The third-order valence-corrected chi connectivity index (χ3v) is 5.60. The van der Waals surface area contributed by atoms with Gasteiger partial charge in [-0.05, 0) is 35.9 Å². The zero-order valence-electron chi connectivity index (χ0n) is 11.2. The van der Waals surface area contributed by atoms with Gasteiger partial charge in [-0.2, -0.15) is 0 Å². The Bertz CT molecular complexity index is 908. The highest BCUT2D eigenvalue weighted by Gasteiger charge is 2.29. The van der Waals surface area contributed by atoms with Gasteiger partial charge in [-0.1, -0.05) is 39.7 Å². The van der Waals surface area contributed by atoms with Gasteiger partial charge in [0.2, 0.25) is 0 Å². The molecule has 4 rings (SSSR count). The highest BCUT2D eigenvalue weighted by molar-refractivity contribution is 9.10. The molecular weight excluding hydrogens is 384 g/mol. The molecule has 1 aromatic heterocycles. The lowest BCUT2D eigenvalue weighted by Crippen LogP contribution is -2.37. The number of hydrogen-bond donors (Lipinski definition) is 2. The molecule has 0 fully saturated rings. The smallest absolute Gasteiger partial charge is 0.320 e. The number of amides is 2. The molecule has 3 nitrogen and oxygen atoms in total. The number of rotatable bonds is 1. The first kappa shape index (κ1) is 14.1. The van der Waals surface area contributed by atoms with Crippen molar-refractivity contribution in [2.75, 3.05) is 5.32 Å². The summed E-state index contributed by atoms with van der Waals surface area (Å²) in [5.41, 5.74) is 1.90. The van der Waals surface area contributed by atoms with Crippen molar-refractivity contribution in [1.29, 1.82) is 0 Å². The molecule has 1 aliphatic rings. The molecule has 1 unspecified atom stereocenters. The molecule has 0 saturated heterocycles. The minimum atomic E-state index is -0.197. The molecule has 1 aliphatic heterocycles. The molecule has 2 N–H and O–H groups in total. The maximum Gasteiger partial charge on any atom is 0.320 e. The molecule has 0 spiro atoms. The van der Waals surface area contributed by atoms with Crippen molar-refractivity contribution in [1.82, 2.24) is 5.32 Å². The van der Waals surface area contributed by atoms with Crippen LogP contribution in [0.25, 0.3) is 10.1 Å². The molecule has 110 valence electrons. The third-order valence-electron chi connectivity index (χ3n) is 3.64. The highest BCUT2D eigenvalue weighted by Crippen LogP contribution is 2.44. The molecule has 2 aromatic carbocycles. The van der Waals surface area contributed by atoms with Crippen molar-refractivity contribution in [3.05, 3.63) is 62.4 Å². The number of carbonyl (C=O) groups excluding carboxylic acids is 1. The van der Waals surface area contributed by atoms with E-state index >= 15 is 0 Å². The van der Waals surface area contributed by atoms with E-state index in [4.69, 9.17) is 11.6 Å². The number of thiophene rings is 1.